The van der Waals surface area contributed by atoms with Crippen LogP contribution in [0.2, 0.25) is 0 Å². The van der Waals surface area contributed by atoms with E-state index >= 15 is 0 Å². The van der Waals surface area contributed by atoms with Crippen LogP contribution in [0.4, 0.5) is 0 Å². The van der Waals surface area contributed by atoms with Crippen molar-refractivity contribution in [1.29, 1.82) is 0 Å². The molecule has 774 valence electrons. The standard InChI is InChI=1S/C102H163N7O28/c1-66(2)31-28-32-67(3)81-39-40-83-82(81)41-42-85-84(83)38-37-79-57-80(43-46-102(79,85)12)125-52-25-18-16-14-13-15-17-24-51-123-62-77-58-109(60-92(122)131-61-76-33-20-19-21-34-76)59-78(63-124-55-44-90(120)105-49-29-47-103-88(118)35-22-26-53-127-100-93(107-68(4)110)98(134-74(10)116)96(132-72(8)114)86(136-100)64-129-70(6)112)95(77)126-56-45-91(121)106-50-30-48-104-89(119)36-23-27-54-128-101-94(108-69(5)111)99(135-75(11)117)97(133-73(9)115)87(137-101)65-130-71(7)113/h19-21,33-34,57,66-67,77-78,80-87,93-101H,13-18,22-32,35-56,58-65H2,1-12H3,(H,103,118)(H,104,119)(H,105,120)(H,106,121)(H,107,110)(H,108,111)/t67-,77?,78?,80+,81-,82-,83-,84+,85+,86?,87?,93?,94?,95?,96?,97?,98?,99?,100?,101?,102+/m1/s1. The molecule has 8 rings (SSSR count). The maximum absolute atomic E-state index is 13.6. The van der Waals surface area contributed by atoms with Crippen LogP contribution in [0.1, 0.15) is 275 Å². The average molecular weight is 1940 g/mol. The van der Waals surface area contributed by atoms with Crippen LogP contribution < -0.4 is 31.9 Å². The van der Waals surface area contributed by atoms with E-state index in [2.05, 4.69) is 65.7 Å². The quantitative estimate of drug-likeness (QED) is 0.0153. The highest BCUT2D eigenvalue weighted by molar-refractivity contribution is 5.78. The van der Waals surface area contributed by atoms with E-state index in [4.69, 9.17) is 71.1 Å². The molecule has 3 saturated carbocycles. The Kier molecular flexibility index (Phi) is 51.1. The molecule has 0 radical (unpaired) electrons. The van der Waals surface area contributed by atoms with Crippen molar-refractivity contribution in [1.82, 2.24) is 36.8 Å². The number of hydrogen-bond donors (Lipinski definition) is 6. The number of rotatable bonds is 62. The molecule has 6 amide bonds. The van der Waals surface area contributed by atoms with Gasteiger partial charge >= 0.3 is 41.8 Å². The smallest absolute Gasteiger partial charge is 0.320 e. The number of unbranched alkanes of at least 4 members (excludes halogenated alkanes) is 9. The van der Waals surface area contributed by atoms with Crippen LogP contribution in [0.3, 0.4) is 0 Å². The number of ether oxygens (including phenoxy) is 15. The van der Waals surface area contributed by atoms with Gasteiger partial charge in [0.1, 0.15) is 44.1 Å². The van der Waals surface area contributed by atoms with Gasteiger partial charge in [-0.25, -0.2) is 0 Å². The Morgan fingerprint density at radius 2 is 0.898 bits per heavy atom. The van der Waals surface area contributed by atoms with Crippen molar-refractivity contribution in [3.05, 3.63) is 47.5 Å². The molecule has 0 bridgehead atoms. The molecule has 35 nitrogen and oxygen atoms in total. The number of esters is 7. The minimum absolute atomic E-state index is 0.00950. The monoisotopic (exact) mass is 1930 g/mol. The van der Waals surface area contributed by atoms with Gasteiger partial charge in [0, 0.05) is 159 Å². The minimum Gasteiger partial charge on any atom is -0.463 e. The van der Waals surface area contributed by atoms with Crippen LogP contribution in [-0.2, 0) is 140 Å². The van der Waals surface area contributed by atoms with Gasteiger partial charge in [-0.2, -0.15) is 0 Å². The number of hydrogen-bond acceptors (Lipinski definition) is 29. The third-order valence-electron chi connectivity index (χ3n) is 27.7. The Morgan fingerprint density at radius 3 is 1.40 bits per heavy atom. The second kappa shape index (κ2) is 61.4. The van der Waals surface area contributed by atoms with Gasteiger partial charge in [0.25, 0.3) is 0 Å². The number of allylic oxidation sites excluding steroid dienone is 1. The molecule has 21 atom stereocenters. The zero-order valence-corrected chi connectivity index (χ0v) is 83.7. The molecule has 7 aliphatic rings. The summed E-state index contributed by atoms with van der Waals surface area (Å²) in [6.07, 6.45) is 18.8. The van der Waals surface area contributed by atoms with Gasteiger partial charge in [-0.3, -0.25) is 67.2 Å². The fourth-order valence-electron chi connectivity index (χ4n) is 21.3. The second-order valence-electron chi connectivity index (χ2n) is 39.2. The molecule has 6 fully saturated rings. The normalized spacial score (nSPS) is 27.0. The largest absolute Gasteiger partial charge is 0.463 e. The van der Waals surface area contributed by atoms with Gasteiger partial charge in [0.15, 0.2) is 37.0 Å². The van der Waals surface area contributed by atoms with Crippen molar-refractivity contribution >= 4 is 77.2 Å². The van der Waals surface area contributed by atoms with Crippen molar-refractivity contribution in [3.8, 4) is 0 Å². The van der Waals surface area contributed by atoms with Crippen LogP contribution in [-0.4, -0.2) is 268 Å². The number of nitrogens with zero attached hydrogens (tertiary/aromatic N) is 1. The lowest BCUT2D eigenvalue weighted by atomic mass is 9.49. The number of carbonyl (C=O) groups excluding carboxylic acids is 13. The first-order valence-electron chi connectivity index (χ1n) is 50.9. The first kappa shape index (κ1) is 114. The van der Waals surface area contributed by atoms with Crippen molar-refractivity contribution in [2.45, 2.75) is 349 Å². The van der Waals surface area contributed by atoms with Crippen LogP contribution >= 0.6 is 0 Å². The van der Waals surface area contributed by atoms with Gasteiger partial charge in [0.2, 0.25) is 35.4 Å². The van der Waals surface area contributed by atoms with E-state index in [0.29, 0.717) is 70.2 Å². The number of benzene rings is 1. The van der Waals surface area contributed by atoms with Crippen molar-refractivity contribution in [2.75, 3.05) is 112 Å². The molecule has 3 aliphatic heterocycles. The maximum atomic E-state index is 13.6. The summed E-state index contributed by atoms with van der Waals surface area (Å²) in [6.45, 7) is 22.5. The van der Waals surface area contributed by atoms with E-state index < -0.39 is 121 Å². The number of carbonyl (C=O) groups is 13. The lowest BCUT2D eigenvalue weighted by Gasteiger charge is -2.56. The van der Waals surface area contributed by atoms with Crippen LogP contribution in [0, 0.1) is 58.7 Å². The van der Waals surface area contributed by atoms with E-state index in [1.165, 1.54) is 105 Å². The summed E-state index contributed by atoms with van der Waals surface area (Å²) in [5.74, 6) is -1.06. The predicted octanol–water partition coefficient (Wildman–Crippen LogP) is 10.6. The summed E-state index contributed by atoms with van der Waals surface area (Å²) in [4.78, 5) is 166. The molecule has 6 N–H and O–H groups in total. The topological polar surface area (TPSA) is 436 Å². The van der Waals surface area contributed by atoms with E-state index in [-0.39, 0.29) is 153 Å². The summed E-state index contributed by atoms with van der Waals surface area (Å²) in [7, 11) is 0. The first-order chi connectivity index (χ1) is 65.7. The van der Waals surface area contributed by atoms with Gasteiger partial charge in [-0.15, -0.1) is 0 Å². The Hall–Kier alpha value is -8.29. The summed E-state index contributed by atoms with van der Waals surface area (Å²) in [5.41, 5.74) is 2.89. The third-order valence-corrected chi connectivity index (χ3v) is 27.7. The van der Waals surface area contributed by atoms with E-state index in [0.717, 1.165) is 126 Å². The summed E-state index contributed by atoms with van der Waals surface area (Å²) in [6, 6.07) is 7.18. The molecule has 0 aromatic heterocycles. The lowest BCUT2D eigenvalue weighted by molar-refractivity contribution is -0.277. The van der Waals surface area contributed by atoms with Crippen molar-refractivity contribution in [3.63, 3.8) is 0 Å². The Balaban J connectivity index is 0.779. The number of likely N-dealkylation sites (tertiary alicyclic amines) is 1. The number of fused-ring (bicyclic) bond motifs is 5. The van der Waals surface area contributed by atoms with Crippen LogP contribution in [0.25, 0.3) is 0 Å². The molecular weight excluding hydrogens is 1770 g/mol. The molecular formula is C102H163N7O28. The molecule has 3 heterocycles. The zero-order valence-electron chi connectivity index (χ0n) is 83.7. The SMILES string of the molecule is CC(=O)NC1C(OCCCCC(=O)NCCCNC(=O)CCOCC2CN(CC(=O)OCc3ccccc3)CC(COCCCCCCCCCCO[C@@H]3C=C4CC[C@H]5[C@@H]6CC[C@H]([C@H](C)CCCC(C)C)[C@H]6CC[C@@H]5[C@@]4(C)CC3)C2OCCC(=O)NCCCNC(=O)CCCCOC2OC(COC(C)=O)C(OC(C)=O)C(OC(C)=O)C2NC(C)=O)OC(COC(C)=O)C(OC(C)=O)C1OC(C)=O. The molecule has 4 aliphatic carbocycles. The molecule has 137 heavy (non-hydrogen) atoms. The fraction of sp³-hybridized carbons (Fsp3) is 0.794. The fourth-order valence-corrected chi connectivity index (χ4v) is 21.3. The molecule has 3 saturated heterocycles. The lowest BCUT2D eigenvalue weighted by Crippen LogP contribution is -2.66. The predicted molar refractivity (Wildman–Crippen MR) is 504 cm³/mol. The molecule has 35 heteroatoms. The molecule has 1 aromatic carbocycles. The summed E-state index contributed by atoms with van der Waals surface area (Å²) >= 11 is 0. The maximum Gasteiger partial charge on any atom is 0.320 e. The van der Waals surface area contributed by atoms with Crippen molar-refractivity contribution < 1.29 is 133 Å². The molecule has 13 unspecified atom stereocenters. The van der Waals surface area contributed by atoms with Crippen LogP contribution in [0.15, 0.2) is 42.0 Å². The van der Waals surface area contributed by atoms with E-state index in [1.807, 2.05) is 35.2 Å². The second-order valence-corrected chi connectivity index (χ2v) is 39.2. The number of amides is 6. The van der Waals surface area contributed by atoms with Gasteiger partial charge < -0.3 is 103 Å². The first-order valence-corrected chi connectivity index (χ1v) is 50.9. The highest BCUT2D eigenvalue weighted by atomic mass is 16.7. The van der Waals surface area contributed by atoms with E-state index in [9.17, 15) is 62.3 Å². The van der Waals surface area contributed by atoms with Gasteiger partial charge in [-0.1, -0.05) is 127 Å². The van der Waals surface area contributed by atoms with Gasteiger partial charge in [0.05, 0.1) is 45.2 Å². The average Bonchev–Trinajstić information content (AvgIpc) is 1.68. The minimum atomic E-state index is -1.28. The van der Waals surface area contributed by atoms with Crippen LogP contribution in [0.5, 0.6) is 0 Å². The van der Waals surface area contributed by atoms with E-state index in [1.54, 1.807) is 5.57 Å². The van der Waals surface area contributed by atoms with Gasteiger partial charge in [-0.05, 0) is 155 Å². The molecule has 0 spiro atoms. The third kappa shape index (κ3) is 40.7. The highest BCUT2D eigenvalue weighted by Crippen LogP contribution is 2.64. The number of nitrogens with one attached hydrogen (secondary N) is 6. The zero-order chi connectivity index (χ0) is 99.2. The Labute approximate surface area is 811 Å². The summed E-state index contributed by atoms with van der Waals surface area (Å²) < 4.78 is 88.4. The Bertz CT molecular complexity index is 3930. The highest BCUT2D eigenvalue weighted by Gasteiger charge is 2.57. The Morgan fingerprint density at radius 1 is 0.431 bits per heavy atom. The molecule has 1 aromatic rings. The summed E-state index contributed by atoms with van der Waals surface area (Å²) in [5, 5.41) is 16.9. The number of piperidine rings is 1. The van der Waals surface area contributed by atoms with Crippen molar-refractivity contribution in [2.24, 2.45) is 58.7 Å².